The molecule has 174 valence electrons. The lowest BCUT2D eigenvalue weighted by atomic mass is 10.1. The van der Waals surface area contributed by atoms with Crippen LogP contribution in [0.5, 0.6) is 23.0 Å². The first-order valence-electron chi connectivity index (χ1n) is 10.6. The molecule has 3 aromatic rings. The minimum absolute atomic E-state index is 0.170. The van der Waals surface area contributed by atoms with Gasteiger partial charge in [-0.1, -0.05) is 29.8 Å². The van der Waals surface area contributed by atoms with Gasteiger partial charge in [0.1, 0.15) is 0 Å². The number of methoxy groups -OCH3 is 2. The average molecular weight is 470 g/mol. The van der Waals surface area contributed by atoms with E-state index in [0.717, 1.165) is 16.7 Å². The van der Waals surface area contributed by atoms with Crippen molar-refractivity contribution in [3.63, 3.8) is 0 Å². The summed E-state index contributed by atoms with van der Waals surface area (Å²) in [6.07, 6.45) is 0.510. The van der Waals surface area contributed by atoms with Gasteiger partial charge in [0.2, 0.25) is 16.8 Å². The van der Waals surface area contributed by atoms with E-state index in [-0.39, 0.29) is 18.2 Å². The maximum atomic E-state index is 13.6. The Kier molecular flexibility index (Phi) is 6.76. The molecular weight excluding hydrogens is 442 g/mol. The standard InChI is InChI=1S/C25H27NO6S/c1-18-4-8-21(9-5-18)33(27,28)26(16-20-7-11-23-25(15-20)32-17-31-23)13-12-19-6-10-22(29-2)24(14-19)30-3/h4-11,14-15H,12-13,16-17H2,1-3H3. The van der Waals surface area contributed by atoms with Crippen LogP contribution in [0.3, 0.4) is 0 Å². The number of nitrogens with zero attached hydrogens (tertiary/aromatic N) is 1. The van der Waals surface area contributed by atoms with E-state index in [1.54, 1.807) is 38.5 Å². The Balaban J connectivity index is 1.61. The van der Waals surface area contributed by atoms with Gasteiger partial charge in [-0.3, -0.25) is 0 Å². The summed E-state index contributed by atoms with van der Waals surface area (Å²) < 4.78 is 50.1. The lowest BCUT2D eigenvalue weighted by molar-refractivity contribution is 0.174. The second-order valence-corrected chi connectivity index (χ2v) is 9.72. The number of fused-ring (bicyclic) bond motifs is 1. The minimum atomic E-state index is -3.72. The lowest BCUT2D eigenvalue weighted by Gasteiger charge is -2.23. The predicted octanol–water partition coefficient (Wildman–Crippen LogP) is 4.17. The van der Waals surface area contributed by atoms with E-state index in [1.807, 2.05) is 43.3 Å². The number of aryl methyl sites for hydroxylation is 1. The number of benzene rings is 3. The molecule has 0 aliphatic carbocycles. The Morgan fingerprint density at radius 1 is 0.848 bits per heavy atom. The maximum Gasteiger partial charge on any atom is 0.243 e. The molecule has 0 N–H and O–H groups in total. The molecule has 0 aromatic heterocycles. The second-order valence-electron chi connectivity index (χ2n) is 7.78. The van der Waals surface area contributed by atoms with Crippen LogP contribution < -0.4 is 18.9 Å². The summed E-state index contributed by atoms with van der Waals surface area (Å²) in [5, 5.41) is 0. The third-order valence-electron chi connectivity index (χ3n) is 5.55. The molecule has 4 rings (SSSR count). The molecule has 3 aromatic carbocycles. The van der Waals surface area contributed by atoms with Crippen LogP contribution in [-0.4, -0.2) is 40.3 Å². The van der Waals surface area contributed by atoms with Crippen LogP contribution in [0.15, 0.2) is 65.6 Å². The summed E-state index contributed by atoms with van der Waals surface area (Å²) in [6, 6.07) is 18.0. The van der Waals surface area contributed by atoms with Crippen LogP contribution in [0.25, 0.3) is 0 Å². The van der Waals surface area contributed by atoms with Crippen LogP contribution in [0.4, 0.5) is 0 Å². The number of hydrogen-bond donors (Lipinski definition) is 0. The van der Waals surface area contributed by atoms with Crippen molar-refractivity contribution in [2.75, 3.05) is 27.6 Å². The van der Waals surface area contributed by atoms with Gasteiger partial charge in [0.05, 0.1) is 19.1 Å². The van der Waals surface area contributed by atoms with E-state index in [2.05, 4.69) is 0 Å². The summed E-state index contributed by atoms with van der Waals surface area (Å²) >= 11 is 0. The monoisotopic (exact) mass is 469 g/mol. The van der Waals surface area contributed by atoms with Crippen LogP contribution in [0.1, 0.15) is 16.7 Å². The van der Waals surface area contributed by atoms with E-state index in [4.69, 9.17) is 18.9 Å². The molecule has 0 spiro atoms. The van der Waals surface area contributed by atoms with E-state index in [1.165, 1.54) is 4.31 Å². The van der Waals surface area contributed by atoms with Crippen LogP contribution in [-0.2, 0) is 23.0 Å². The summed E-state index contributed by atoms with van der Waals surface area (Å²) in [5.74, 6) is 2.53. The molecule has 0 saturated carbocycles. The molecule has 1 aliphatic heterocycles. The van der Waals surface area contributed by atoms with Crippen molar-refractivity contribution >= 4 is 10.0 Å². The fraction of sp³-hybridized carbons (Fsp3) is 0.280. The first-order valence-corrected chi connectivity index (χ1v) is 12.0. The fourth-order valence-electron chi connectivity index (χ4n) is 3.68. The van der Waals surface area contributed by atoms with Crippen molar-refractivity contribution in [1.82, 2.24) is 4.31 Å². The molecule has 0 amide bonds. The van der Waals surface area contributed by atoms with Gasteiger partial charge in [-0.05, 0) is 60.9 Å². The van der Waals surface area contributed by atoms with Crippen molar-refractivity contribution in [2.24, 2.45) is 0 Å². The van der Waals surface area contributed by atoms with Gasteiger partial charge in [-0.15, -0.1) is 0 Å². The molecule has 0 atom stereocenters. The molecule has 8 heteroatoms. The molecule has 0 unspecified atom stereocenters. The number of rotatable bonds is 9. The normalized spacial score (nSPS) is 12.7. The summed E-state index contributed by atoms with van der Waals surface area (Å²) in [5.41, 5.74) is 2.77. The van der Waals surface area contributed by atoms with Crippen molar-refractivity contribution in [2.45, 2.75) is 24.8 Å². The zero-order chi connectivity index (χ0) is 23.4. The quantitative estimate of drug-likeness (QED) is 0.468. The Morgan fingerprint density at radius 2 is 1.55 bits per heavy atom. The largest absolute Gasteiger partial charge is 0.493 e. The predicted molar refractivity (Wildman–Crippen MR) is 125 cm³/mol. The Bertz CT molecular complexity index is 1220. The number of ether oxygens (including phenoxy) is 4. The maximum absolute atomic E-state index is 13.6. The van der Waals surface area contributed by atoms with Crippen LogP contribution >= 0.6 is 0 Å². The van der Waals surface area contributed by atoms with Crippen molar-refractivity contribution < 1.29 is 27.4 Å². The molecule has 0 bridgehead atoms. The minimum Gasteiger partial charge on any atom is -0.493 e. The molecular formula is C25H27NO6S. The van der Waals surface area contributed by atoms with E-state index in [9.17, 15) is 8.42 Å². The summed E-state index contributed by atoms with van der Waals surface area (Å²) in [7, 11) is -0.563. The highest BCUT2D eigenvalue weighted by atomic mass is 32.2. The highest BCUT2D eigenvalue weighted by Crippen LogP contribution is 2.33. The summed E-state index contributed by atoms with van der Waals surface area (Å²) in [6.45, 7) is 2.60. The summed E-state index contributed by atoms with van der Waals surface area (Å²) in [4.78, 5) is 0.265. The smallest absolute Gasteiger partial charge is 0.243 e. The number of sulfonamides is 1. The van der Waals surface area contributed by atoms with Crippen LogP contribution in [0.2, 0.25) is 0 Å². The molecule has 0 saturated heterocycles. The van der Waals surface area contributed by atoms with E-state index < -0.39 is 10.0 Å². The van der Waals surface area contributed by atoms with E-state index >= 15 is 0 Å². The molecule has 0 radical (unpaired) electrons. The molecule has 1 aliphatic rings. The zero-order valence-electron chi connectivity index (χ0n) is 18.9. The third kappa shape index (κ3) is 5.07. The van der Waals surface area contributed by atoms with Crippen molar-refractivity contribution in [3.8, 4) is 23.0 Å². The fourth-order valence-corrected chi connectivity index (χ4v) is 5.11. The van der Waals surface area contributed by atoms with Crippen LogP contribution in [0, 0.1) is 6.92 Å². The Hall–Kier alpha value is -3.23. The van der Waals surface area contributed by atoms with Gasteiger partial charge in [0, 0.05) is 13.1 Å². The van der Waals surface area contributed by atoms with Gasteiger partial charge in [-0.25, -0.2) is 8.42 Å². The van der Waals surface area contributed by atoms with Gasteiger partial charge < -0.3 is 18.9 Å². The van der Waals surface area contributed by atoms with E-state index in [0.29, 0.717) is 36.0 Å². The van der Waals surface area contributed by atoms with Gasteiger partial charge >= 0.3 is 0 Å². The Morgan fingerprint density at radius 3 is 2.27 bits per heavy atom. The molecule has 1 heterocycles. The topological polar surface area (TPSA) is 74.3 Å². The average Bonchev–Trinajstić information content (AvgIpc) is 3.29. The first kappa shape index (κ1) is 22.9. The third-order valence-corrected chi connectivity index (χ3v) is 7.41. The molecule has 7 nitrogen and oxygen atoms in total. The van der Waals surface area contributed by atoms with Gasteiger partial charge in [0.15, 0.2) is 23.0 Å². The SMILES string of the molecule is COc1ccc(CCN(Cc2ccc3c(c2)OCO3)S(=O)(=O)c2ccc(C)cc2)cc1OC. The first-order chi connectivity index (χ1) is 15.9. The highest BCUT2D eigenvalue weighted by molar-refractivity contribution is 7.89. The van der Waals surface area contributed by atoms with Gasteiger partial charge in [-0.2, -0.15) is 4.31 Å². The zero-order valence-corrected chi connectivity index (χ0v) is 19.7. The molecule has 33 heavy (non-hydrogen) atoms. The molecule has 0 fully saturated rings. The Labute approximate surface area is 194 Å². The number of hydrogen-bond acceptors (Lipinski definition) is 6. The second kappa shape index (κ2) is 9.72. The van der Waals surface area contributed by atoms with Crippen molar-refractivity contribution in [1.29, 1.82) is 0 Å². The van der Waals surface area contributed by atoms with Crippen molar-refractivity contribution in [3.05, 3.63) is 77.4 Å². The lowest BCUT2D eigenvalue weighted by Crippen LogP contribution is -2.32. The van der Waals surface area contributed by atoms with Gasteiger partial charge in [0.25, 0.3) is 0 Å². The highest BCUT2D eigenvalue weighted by Gasteiger charge is 2.25.